The van der Waals surface area contributed by atoms with Crippen molar-refractivity contribution in [1.29, 1.82) is 0 Å². The summed E-state index contributed by atoms with van der Waals surface area (Å²) in [7, 11) is 0. The van der Waals surface area contributed by atoms with Crippen molar-refractivity contribution in [2.45, 2.75) is 38.5 Å². The maximum Gasteiger partial charge on any atom is 0.0583 e. The second-order valence-electron chi connectivity index (χ2n) is 19.8. The number of benzene rings is 10. The molecule has 0 atom stereocenters. The van der Waals surface area contributed by atoms with E-state index in [0.29, 0.717) is 0 Å². The van der Waals surface area contributed by atoms with E-state index in [4.69, 9.17) is 0 Å². The Bertz CT molecular complexity index is 3790. The Morgan fingerprint density at radius 3 is 1.43 bits per heavy atom. The zero-order valence-corrected chi connectivity index (χ0v) is 39.4. The van der Waals surface area contributed by atoms with E-state index in [1.807, 2.05) is 0 Å². The fourth-order valence-electron chi connectivity index (χ4n) is 11.8. The molecule has 0 saturated carbocycles. The number of hydrogen-bond donors (Lipinski definition) is 0. The molecule has 11 aromatic rings. The van der Waals surface area contributed by atoms with Crippen LogP contribution in [0, 0.1) is 0 Å². The summed E-state index contributed by atoms with van der Waals surface area (Å²) in [4.78, 5) is 4.96. The van der Waals surface area contributed by atoms with E-state index in [9.17, 15) is 0 Å². The third-order valence-electron chi connectivity index (χ3n) is 15.1. The van der Waals surface area contributed by atoms with Gasteiger partial charge in [-0.2, -0.15) is 0 Å². The number of para-hydroxylation sites is 3. The minimum absolute atomic E-state index is 0.106. The molecule has 0 bridgehead atoms. The molecular weight excluding hydrogens is 835 g/mol. The van der Waals surface area contributed by atoms with E-state index in [-0.39, 0.29) is 10.8 Å². The van der Waals surface area contributed by atoms with Gasteiger partial charge in [0.15, 0.2) is 0 Å². The Morgan fingerprint density at radius 1 is 0.319 bits per heavy atom. The molecule has 2 aliphatic rings. The molecule has 10 aromatic carbocycles. The van der Waals surface area contributed by atoms with Crippen molar-refractivity contribution >= 4 is 55.9 Å². The summed E-state index contributed by atoms with van der Waals surface area (Å²) in [5.74, 6) is 0. The van der Waals surface area contributed by atoms with Crippen LogP contribution >= 0.6 is 0 Å². The van der Waals surface area contributed by atoms with Crippen LogP contribution in [0.15, 0.2) is 237 Å². The molecule has 0 amide bonds. The van der Waals surface area contributed by atoms with Gasteiger partial charge >= 0.3 is 0 Å². The number of hydrogen-bond acceptors (Lipinski definition) is 2. The highest BCUT2D eigenvalue weighted by Crippen LogP contribution is 2.54. The van der Waals surface area contributed by atoms with Gasteiger partial charge in [-0.3, -0.25) is 0 Å². The second-order valence-corrected chi connectivity index (χ2v) is 19.8. The van der Waals surface area contributed by atoms with Gasteiger partial charge in [-0.15, -0.1) is 0 Å². The molecule has 0 unspecified atom stereocenters. The minimum atomic E-state index is -0.112. The molecule has 1 heterocycles. The molecule has 0 saturated heterocycles. The summed E-state index contributed by atoms with van der Waals surface area (Å²) in [5.41, 5.74) is 22.7. The van der Waals surface area contributed by atoms with Crippen LogP contribution in [-0.4, -0.2) is 4.57 Å². The van der Waals surface area contributed by atoms with Gasteiger partial charge in [-0.05, 0) is 134 Å². The Balaban J connectivity index is 1.13. The van der Waals surface area contributed by atoms with Crippen LogP contribution in [0.5, 0.6) is 0 Å². The van der Waals surface area contributed by atoms with Gasteiger partial charge < -0.3 is 14.4 Å². The first-order valence-corrected chi connectivity index (χ1v) is 24.2. The topological polar surface area (TPSA) is 11.4 Å². The van der Waals surface area contributed by atoms with Gasteiger partial charge in [0, 0.05) is 50.0 Å². The molecule has 0 radical (unpaired) electrons. The van der Waals surface area contributed by atoms with Crippen LogP contribution in [0.3, 0.4) is 0 Å². The molecule has 0 aliphatic heterocycles. The summed E-state index contributed by atoms with van der Waals surface area (Å²) in [6.45, 7) is 9.43. The fraction of sp³-hybridized carbons (Fsp3) is 0.0909. The first-order valence-electron chi connectivity index (χ1n) is 24.2. The van der Waals surface area contributed by atoms with E-state index < -0.39 is 0 Å². The normalized spacial score (nSPS) is 13.7. The standard InChI is InChI=1S/C66H51N3/c1-65(2)57-32-17-14-29-52(57)55-40-49(35-37-59(55)65)67(46-24-10-6-11-25-46)51-42-62(68(47-26-12-7-13-27-47)50-36-38-60-56(41-50)53-30-15-18-33-58(53)66(60,3)4)64-54-31-16-19-34-61(54)69(63(64)43-51)48-28-20-23-45(39-48)44-21-8-5-9-22-44/h5-43H,1-4H3. The smallest absolute Gasteiger partial charge is 0.0583 e. The lowest BCUT2D eigenvalue weighted by atomic mass is 9.82. The minimum Gasteiger partial charge on any atom is -0.310 e. The molecule has 0 spiro atoms. The van der Waals surface area contributed by atoms with Crippen LogP contribution in [0.4, 0.5) is 34.1 Å². The van der Waals surface area contributed by atoms with E-state index in [2.05, 4.69) is 279 Å². The lowest BCUT2D eigenvalue weighted by Crippen LogP contribution is -2.16. The van der Waals surface area contributed by atoms with E-state index in [0.717, 1.165) is 50.8 Å². The maximum absolute atomic E-state index is 2.50. The number of rotatable bonds is 8. The average Bonchev–Trinajstić information content (AvgIpc) is 3.94. The lowest BCUT2D eigenvalue weighted by molar-refractivity contribution is 0.660. The van der Waals surface area contributed by atoms with Crippen LogP contribution in [0.25, 0.3) is 60.9 Å². The lowest BCUT2D eigenvalue weighted by Gasteiger charge is -2.31. The quantitative estimate of drug-likeness (QED) is 0.151. The fourth-order valence-corrected chi connectivity index (χ4v) is 11.8. The van der Waals surface area contributed by atoms with Crippen molar-refractivity contribution in [3.8, 4) is 39.1 Å². The number of fused-ring (bicyclic) bond motifs is 9. The first kappa shape index (κ1) is 40.8. The zero-order chi connectivity index (χ0) is 46.4. The summed E-state index contributed by atoms with van der Waals surface area (Å²) < 4.78 is 2.49. The van der Waals surface area contributed by atoms with Crippen molar-refractivity contribution in [2.75, 3.05) is 9.80 Å². The van der Waals surface area contributed by atoms with Gasteiger partial charge in [0.05, 0.1) is 22.4 Å². The van der Waals surface area contributed by atoms with Crippen LogP contribution in [-0.2, 0) is 10.8 Å². The van der Waals surface area contributed by atoms with Crippen molar-refractivity contribution < 1.29 is 0 Å². The van der Waals surface area contributed by atoms with E-state index in [1.165, 1.54) is 66.4 Å². The van der Waals surface area contributed by atoms with Crippen molar-refractivity contribution in [3.63, 3.8) is 0 Å². The average molecular weight is 886 g/mol. The van der Waals surface area contributed by atoms with Crippen molar-refractivity contribution in [1.82, 2.24) is 4.57 Å². The molecule has 3 nitrogen and oxygen atoms in total. The highest BCUT2D eigenvalue weighted by Gasteiger charge is 2.37. The molecule has 13 rings (SSSR count). The van der Waals surface area contributed by atoms with Crippen molar-refractivity contribution in [2.24, 2.45) is 0 Å². The van der Waals surface area contributed by atoms with Crippen molar-refractivity contribution in [3.05, 3.63) is 259 Å². The van der Waals surface area contributed by atoms with Crippen LogP contribution in [0.2, 0.25) is 0 Å². The summed E-state index contributed by atoms with van der Waals surface area (Å²) >= 11 is 0. The van der Waals surface area contributed by atoms with Crippen LogP contribution < -0.4 is 9.80 Å². The Kier molecular flexibility index (Phi) is 9.22. The number of nitrogens with zero attached hydrogens (tertiary/aromatic N) is 3. The number of aromatic nitrogens is 1. The number of anilines is 6. The Morgan fingerprint density at radius 2 is 0.812 bits per heavy atom. The SMILES string of the molecule is CC1(C)c2ccccc2-c2cc(N(c3ccccc3)c3cc(N(c4ccccc4)c4ccc5c(c4)-c4ccccc4C5(C)C)c4c5ccccc5n(-c5cccc(-c6ccccc6)c5)c4c3)ccc21. The third kappa shape index (κ3) is 6.34. The predicted molar refractivity (Wildman–Crippen MR) is 291 cm³/mol. The first-order chi connectivity index (χ1) is 33.8. The molecule has 2 aliphatic carbocycles. The molecule has 69 heavy (non-hydrogen) atoms. The highest BCUT2D eigenvalue weighted by atomic mass is 15.2. The highest BCUT2D eigenvalue weighted by molar-refractivity contribution is 6.18. The van der Waals surface area contributed by atoms with E-state index >= 15 is 0 Å². The van der Waals surface area contributed by atoms with Gasteiger partial charge in [0.2, 0.25) is 0 Å². The largest absolute Gasteiger partial charge is 0.310 e. The van der Waals surface area contributed by atoms with Gasteiger partial charge in [-0.1, -0.05) is 185 Å². The second kappa shape index (κ2) is 15.6. The van der Waals surface area contributed by atoms with Gasteiger partial charge in [0.1, 0.15) is 0 Å². The maximum atomic E-state index is 2.50. The van der Waals surface area contributed by atoms with Gasteiger partial charge in [0.25, 0.3) is 0 Å². The Hall–Kier alpha value is -8.40. The monoisotopic (exact) mass is 885 g/mol. The molecule has 0 N–H and O–H groups in total. The zero-order valence-electron chi connectivity index (χ0n) is 39.4. The van der Waals surface area contributed by atoms with E-state index in [1.54, 1.807) is 0 Å². The molecule has 330 valence electrons. The molecular formula is C66H51N3. The van der Waals surface area contributed by atoms with Gasteiger partial charge in [-0.25, -0.2) is 0 Å². The third-order valence-corrected chi connectivity index (χ3v) is 15.1. The Labute approximate surface area is 404 Å². The molecule has 0 fully saturated rings. The summed E-state index contributed by atoms with van der Waals surface area (Å²) in [6.07, 6.45) is 0. The van der Waals surface area contributed by atoms with Crippen LogP contribution in [0.1, 0.15) is 49.9 Å². The summed E-state index contributed by atoms with van der Waals surface area (Å²) in [6, 6.07) is 87.5. The summed E-state index contributed by atoms with van der Waals surface area (Å²) in [5, 5.41) is 2.37. The molecule has 1 aromatic heterocycles. The molecule has 3 heteroatoms. The predicted octanol–water partition coefficient (Wildman–Crippen LogP) is 18.0.